The Labute approximate surface area is 114 Å². The van der Waals surface area contributed by atoms with Gasteiger partial charge < -0.3 is 14.8 Å². The molecule has 0 aliphatic carbocycles. The van der Waals surface area contributed by atoms with Crippen LogP contribution in [0.2, 0.25) is 0 Å². The molecule has 1 N–H and O–H groups in total. The molecule has 1 heterocycles. The van der Waals surface area contributed by atoms with Crippen LogP contribution in [0, 0.1) is 0 Å². The zero-order chi connectivity index (χ0) is 14.1. The molecule has 0 aromatic carbocycles. The molecular formula is C14H22N2O3. The lowest BCUT2D eigenvalue weighted by atomic mass is 10.2. The van der Waals surface area contributed by atoms with Crippen LogP contribution in [0.4, 0.5) is 5.82 Å². The van der Waals surface area contributed by atoms with Crippen molar-refractivity contribution in [2.24, 2.45) is 0 Å². The third kappa shape index (κ3) is 5.26. The van der Waals surface area contributed by atoms with Crippen LogP contribution in [0.5, 0.6) is 0 Å². The summed E-state index contributed by atoms with van der Waals surface area (Å²) in [5.74, 6) is 0.395. The van der Waals surface area contributed by atoms with Gasteiger partial charge in [-0.05, 0) is 25.5 Å². The second kappa shape index (κ2) is 8.48. The molecule has 0 bridgehead atoms. The molecule has 0 saturated carbocycles. The second-order valence-electron chi connectivity index (χ2n) is 4.24. The molecule has 0 spiro atoms. The molecule has 0 radical (unpaired) electrons. The number of nitrogens with one attached hydrogen (secondary N) is 1. The molecule has 0 amide bonds. The Bertz CT molecular complexity index is 373. The highest BCUT2D eigenvalue weighted by atomic mass is 16.5. The van der Waals surface area contributed by atoms with Gasteiger partial charge in [0.25, 0.3) is 0 Å². The van der Waals surface area contributed by atoms with Crippen molar-refractivity contribution in [3.05, 3.63) is 23.9 Å². The van der Waals surface area contributed by atoms with E-state index in [-0.39, 0.29) is 12.0 Å². The van der Waals surface area contributed by atoms with Gasteiger partial charge in [0.2, 0.25) is 0 Å². The van der Waals surface area contributed by atoms with E-state index >= 15 is 0 Å². The van der Waals surface area contributed by atoms with Gasteiger partial charge in [-0.2, -0.15) is 0 Å². The minimum absolute atomic E-state index is 0.232. The normalized spacial score (nSPS) is 11.9. The topological polar surface area (TPSA) is 60.5 Å². The first-order chi connectivity index (χ1) is 9.21. The highest BCUT2D eigenvalue weighted by molar-refractivity contribution is 5.89. The minimum Gasteiger partial charge on any atom is -0.462 e. The maximum absolute atomic E-state index is 11.5. The Hall–Kier alpha value is -1.62. The van der Waals surface area contributed by atoms with Crippen molar-refractivity contribution in [1.82, 2.24) is 4.98 Å². The molecule has 0 fully saturated rings. The average molecular weight is 266 g/mol. The van der Waals surface area contributed by atoms with E-state index in [2.05, 4.69) is 17.2 Å². The van der Waals surface area contributed by atoms with Gasteiger partial charge in [-0.15, -0.1) is 0 Å². The maximum Gasteiger partial charge on any atom is 0.339 e. The van der Waals surface area contributed by atoms with E-state index in [1.807, 2.05) is 0 Å². The van der Waals surface area contributed by atoms with E-state index < -0.39 is 0 Å². The first-order valence-electron chi connectivity index (χ1n) is 6.59. The molecular weight excluding hydrogens is 244 g/mol. The van der Waals surface area contributed by atoms with Crippen molar-refractivity contribution in [2.45, 2.75) is 32.7 Å². The Morgan fingerprint density at radius 2 is 2.21 bits per heavy atom. The van der Waals surface area contributed by atoms with Crippen LogP contribution in [0.15, 0.2) is 18.3 Å². The number of aromatic nitrogens is 1. The molecule has 0 saturated heterocycles. The molecule has 5 nitrogen and oxygen atoms in total. The Morgan fingerprint density at radius 3 is 2.74 bits per heavy atom. The lowest BCUT2D eigenvalue weighted by Gasteiger charge is -2.17. The number of hydrogen-bond acceptors (Lipinski definition) is 5. The number of nitrogens with zero attached hydrogens (tertiary/aromatic N) is 1. The molecule has 1 rings (SSSR count). The Morgan fingerprint density at radius 1 is 1.42 bits per heavy atom. The lowest BCUT2D eigenvalue weighted by molar-refractivity contribution is 0.0526. The summed E-state index contributed by atoms with van der Waals surface area (Å²) < 4.78 is 10.1. The summed E-state index contributed by atoms with van der Waals surface area (Å²) in [5, 5.41) is 3.29. The van der Waals surface area contributed by atoms with Gasteiger partial charge in [-0.3, -0.25) is 0 Å². The summed E-state index contributed by atoms with van der Waals surface area (Å²) in [7, 11) is 1.68. The second-order valence-corrected chi connectivity index (χ2v) is 4.24. The quantitative estimate of drug-likeness (QED) is 0.732. The van der Waals surface area contributed by atoms with Gasteiger partial charge in [-0.1, -0.05) is 13.3 Å². The van der Waals surface area contributed by atoms with Crippen LogP contribution in [-0.4, -0.2) is 37.3 Å². The fraction of sp³-hybridized carbons (Fsp3) is 0.571. The van der Waals surface area contributed by atoms with Gasteiger partial charge in [-0.25, -0.2) is 9.78 Å². The number of pyridine rings is 1. The summed E-state index contributed by atoms with van der Waals surface area (Å²) in [4.78, 5) is 15.7. The summed E-state index contributed by atoms with van der Waals surface area (Å²) >= 11 is 0. The Balaban J connectivity index is 2.62. The van der Waals surface area contributed by atoms with Crippen LogP contribution in [0.3, 0.4) is 0 Å². The number of hydrogen-bond donors (Lipinski definition) is 1. The molecule has 0 aliphatic heterocycles. The van der Waals surface area contributed by atoms with E-state index in [1.54, 1.807) is 26.2 Å². The molecule has 1 aromatic rings. The van der Waals surface area contributed by atoms with Gasteiger partial charge in [0.1, 0.15) is 5.82 Å². The van der Waals surface area contributed by atoms with Crippen molar-refractivity contribution in [3.8, 4) is 0 Å². The van der Waals surface area contributed by atoms with Crippen LogP contribution in [-0.2, 0) is 9.47 Å². The van der Waals surface area contributed by atoms with Gasteiger partial charge >= 0.3 is 5.97 Å². The highest BCUT2D eigenvalue weighted by Gasteiger charge is 2.10. The predicted octanol–water partition coefficient (Wildman–Crippen LogP) is 2.49. The number of esters is 1. The highest BCUT2D eigenvalue weighted by Crippen LogP contribution is 2.10. The smallest absolute Gasteiger partial charge is 0.339 e. The van der Waals surface area contributed by atoms with Gasteiger partial charge in [0.05, 0.1) is 24.8 Å². The molecule has 1 unspecified atom stereocenters. The third-order valence-corrected chi connectivity index (χ3v) is 2.63. The van der Waals surface area contributed by atoms with Crippen molar-refractivity contribution in [2.75, 3.05) is 25.6 Å². The molecule has 0 aliphatic rings. The van der Waals surface area contributed by atoms with Crippen LogP contribution < -0.4 is 5.32 Å². The molecule has 1 atom stereocenters. The zero-order valence-corrected chi connectivity index (χ0v) is 11.8. The average Bonchev–Trinajstić information content (AvgIpc) is 2.40. The van der Waals surface area contributed by atoms with Crippen LogP contribution in [0.25, 0.3) is 0 Å². The fourth-order valence-electron chi connectivity index (χ4n) is 1.77. The lowest BCUT2D eigenvalue weighted by Crippen LogP contribution is -2.25. The zero-order valence-electron chi connectivity index (χ0n) is 11.8. The maximum atomic E-state index is 11.5. The SMILES string of the molecule is CCCC(COC)Nc1ccc(C(=O)OCC)cn1. The minimum atomic E-state index is -0.344. The molecule has 19 heavy (non-hydrogen) atoms. The van der Waals surface area contributed by atoms with Crippen molar-refractivity contribution in [3.63, 3.8) is 0 Å². The van der Waals surface area contributed by atoms with Crippen LogP contribution >= 0.6 is 0 Å². The van der Waals surface area contributed by atoms with E-state index in [0.717, 1.165) is 18.7 Å². The molecule has 1 aromatic heterocycles. The number of anilines is 1. The van der Waals surface area contributed by atoms with Gasteiger partial charge in [0, 0.05) is 13.3 Å². The number of methoxy groups -OCH3 is 1. The Kier molecular flexibility index (Phi) is 6.89. The van der Waals surface area contributed by atoms with Gasteiger partial charge in [0.15, 0.2) is 0 Å². The third-order valence-electron chi connectivity index (χ3n) is 2.63. The molecule has 106 valence electrons. The van der Waals surface area contributed by atoms with E-state index in [9.17, 15) is 4.79 Å². The van der Waals surface area contributed by atoms with Crippen molar-refractivity contribution in [1.29, 1.82) is 0 Å². The predicted molar refractivity (Wildman–Crippen MR) is 74.4 cm³/mol. The van der Waals surface area contributed by atoms with E-state index in [1.165, 1.54) is 6.20 Å². The molecule has 5 heteroatoms. The number of carbonyl (C=O) groups is 1. The van der Waals surface area contributed by atoms with Crippen LogP contribution in [0.1, 0.15) is 37.0 Å². The first kappa shape index (κ1) is 15.4. The van der Waals surface area contributed by atoms with E-state index in [0.29, 0.717) is 18.8 Å². The number of rotatable bonds is 8. The number of ether oxygens (including phenoxy) is 2. The summed E-state index contributed by atoms with van der Waals surface area (Å²) in [6.07, 6.45) is 3.60. The largest absolute Gasteiger partial charge is 0.462 e. The fourth-order valence-corrected chi connectivity index (χ4v) is 1.77. The van der Waals surface area contributed by atoms with E-state index in [4.69, 9.17) is 9.47 Å². The monoisotopic (exact) mass is 266 g/mol. The van der Waals surface area contributed by atoms with Crippen molar-refractivity contribution < 1.29 is 14.3 Å². The summed E-state index contributed by atoms with van der Waals surface area (Å²) in [5.41, 5.74) is 0.464. The van der Waals surface area contributed by atoms with Crippen molar-refractivity contribution >= 4 is 11.8 Å². The standard InChI is InChI=1S/C14H22N2O3/c1-4-6-12(10-18-3)16-13-8-7-11(9-15-13)14(17)19-5-2/h7-9,12H,4-6,10H2,1-3H3,(H,15,16). The number of carbonyl (C=O) groups excluding carboxylic acids is 1. The first-order valence-corrected chi connectivity index (χ1v) is 6.59. The summed E-state index contributed by atoms with van der Waals surface area (Å²) in [6, 6.07) is 3.73. The summed E-state index contributed by atoms with van der Waals surface area (Å²) in [6.45, 7) is 4.91.